The highest BCUT2D eigenvalue weighted by atomic mass is 16.2. The van der Waals surface area contributed by atoms with Crippen molar-refractivity contribution in [1.82, 2.24) is 20.0 Å². The number of nitrogens with one attached hydrogen (secondary N) is 1. The summed E-state index contributed by atoms with van der Waals surface area (Å²) >= 11 is 0. The van der Waals surface area contributed by atoms with E-state index in [1.165, 1.54) is 0 Å². The molecular weight excluding hydrogens is 500 g/mol. The van der Waals surface area contributed by atoms with Gasteiger partial charge in [-0.05, 0) is 54.7 Å². The van der Waals surface area contributed by atoms with E-state index in [4.69, 9.17) is 0 Å². The number of amides is 3. The molecule has 7 nitrogen and oxygen atoms in total. The summed E-state index contributed by atoms with van der Waals surface area (Å²) in [4.78, 5) is 45.5. The summed E-state index contributed by atoms with van der Waals surface area (Å²) in [6.07, 6.45) is 1.11. The van der Waals surface area contributed by atoms with Crippen LogP contribution in [0.25, 0.3) is 0 Å². The lowest BCUT2D eigenvalue weighted by Gasteiger charge is -2.26. The Morgan fingerprint density at radius 1 is 0.900 bits per heavy atom. The molecule has 3 heterocycles. The molecule has 4 atom stereocenters. The minimum Gasteiger partial charge on any atom is -0.349 e. The van der Waals surface area contributed by atoms with E-state index >= 15 is 0 Å². The number of hydrogen-bond donors (Lipinski definition) is 1. The van der Waals surface area contributed by atoms with Crippen LogP contribution < -0.4 is 5.32 Å². The standard InChI is InChI=1S/C33H44N4O3/c1-22(2)16-36-19-26(15-30(36)38)32(39)34-29(25-11-6-5-7-12-25)13-14-35-17-27-20-37(21-28(27)18-35)33(40)31-23(3)9-8-10-24(31)4/h5-12,22,26-29H,13-21H2,1-4H3,(H,34,39)/t26?,27?,28?,29-/m0/s1. The lowest BCUT2D eigenvalue weighted by atomic mass is 10.0. The summed E-state index contributed by atoms with van der Waals surface area (Å²) in [6, 6.07) is 16.1. The van der Waals surface area contributed by atoms with Crippen LogP contribution in [-0.4, -0.2) is 78.2 Å². The average molecular weight is 545 g/mol. The first-order chi connectivity index (χ1) is 19.2. The van der Waals surface area contributed by atoms with Gasteiger partial charge in [-0.15, -0.1) is 0 Å². The fraction of sp³-hybridized carbons (Fsp3) is 0.545. The second kappa shape index (κ2) is 12.1. The highest BCUT2D eigenvalue weighted by Gasteiger charge is 2.42. The third kappa shape index (κ3) is 6.25. The maximum Gasteiger partial charge on any atom is 0.254 e. The van der Waals surface area contributed by atoms with Crippen molar-refractivity contribution in [2.75, 3.05) is 45.8 Å². The zero-order valence-corrected chi connectivity index (χ0v) is 24.4. The van der Waals surface area contributed by atoms with E-state index in [0.29, 0.717) is 37.3 Å². The Bertz CT molecular complexity index is 1200. The molecule has 0 aliphatic carbocycles. The van der Waals surface area contributed by atoms with Crippen LogP contribution in [0.15, 0.2) is 48.5 Å². The van der Waals surface area contributed by atoms with Gasteiger partial charge in [-0.2, -0.15) is 0 Å². The first kappa shape index (κ1) is 28.3. The summed E-state index contributed by atoms with van der Waals surface area (Å²) < 4.78 is 0. The molecule has 3 amide bonds. The lowest BCUT2D eigenvalue weighted by Crippen LogP contribution is -2.38. The summed E-state index contributed by atoms with van der Waals surface area (Å²) in [6.45, 7) is 13.9. The molecule has 3 aliphatic heterocycles. The smallest absolute Gasteiger partial charge is 0.254 e. The zero-order chi connectivity index (χ0) is 28.4. The van der Waals surface area contributed by atoms with Gasteiger partial charge >= 0.3 is 0 Å². The maximum absolute atomic E-state index is 13.3. The van der Waals surface area contributed by atoms with E-state index in [1.54, 1.807) is 0 Å². The van der Waals surface area contributed by atoms with Gasteiger partial charge in [0.2, 0.25) is 11.8 Å². The molecule has 5 rings (SSSR count). The third-order valence-corrected chi connectivity index (χ3v) is 8.97. The van der Waals surface area contributed by atoms with Gasteiger partial charge in [-0.3, -0.25) is 14.4 Å². The molecule has 0 radical (unpaired) electrons. The quantitative estimate of drug-likeness (QED) is 0.517. The Morgan fingerprint density at radius 3 is 2.17 bits per heavy atom. The number of fused-ring (bicyclic) bond motifs is 1. The molecule has 7 heteroatoms. The van der Waals surface area contributed by atoms with Gasteiger partial charge in [0, 0.05) is 57.8 Å². The molecule has 3 unspecified atom stereocenters. The van der Waals surface area contributed by atoms with Crippen molar-refractivity contribution in [1.29, 1.82) is 0 Å². The van der Waals surface area contributed by atoms with Crippen molar-refractivity contribution >= 4 is 17.7 Å². The second-order valence-electron chi connectivity index (χ2n) is 12.6. The topological polar surface area (TPSA) is 73.0 Å². The first-order valence-corrected chi connectivity index (χ1v) is 14.9. The van der Waals surface area contributed by atoms with Crippen molar-refractivity contribution in [3.05, 3.63) is 70.8 Å². The minimum absolute atomic E-state index is 0.0209. The molecule has 2 aromatic rings. The van der Waals surface area contributed by atoms with Gasteiger partial charge in [0.15, 0.2) is 0 Å². The van der Waals surface area contributed by atoms with Crippen LogP contribution in [0, 0.1) is 37.5 Å². The number of rotatable bonds is 9. The highest BCUT2D eigenvalue weighted by molar-refractivity contribution is 5.97. The Balaban J connectivity index is 1.16. The van der Waals surface area contributed by atoms with Crippen molar-refractivity contribution in [3.63, 3.8) is 0 Å². The minimum atomic E-state index is -0.288. The van der Waals surface area contributed by atoms with Crippen molar-refractivity contribution in [2.24, 2.45) is 23.7 Å². The number of nitrogens with zero attached hydrogens (tertiary/aromatic N) is 3. The largest absolute Gasteiger partial charge is 0.349 e. The SMILES string of the molecule is Cc1cccc(C)c1C(=O)N1CC2CN(CC[C@H](NC(=O)C3CC(=O)N(CC(C)C)C3)c3ccccc3)CC2C1. The van der Waals surface area contributed by atoms with Crippen molar-refractivity contribution < 1.29 is 14.4 Å². The number of carbonyl (C=O) groups is 3. The fourth-order valence-corrected chi connectivity index (χ4v) is 6.92. The van der Waals surface area contributed by atoms with Crippen LogP contribution in [0.4, 0.5) is 0 Å². The molecule has 214 valence electrons. The summed E-state index contributed by atoms with van der Waals surface area (Å²) in [5.74, 6) is 1.32. The average Bonchev–Trinajstić information content (AvgIpc) is 3.60. The Morgan fingerprint density at radius 2 is 1.55 bits per heavy atom. The number of likely N-dealkylation sites (tertiary alicyclic amines) is 3. The normalized spacial score (nSPS) is 23.6. The van der Waals surface area contributed by atoms with Crippen LogP contribution in [0.5, 0.6) is 0 Å². The van der Waals surface area contributed by atoms with Gasteiger partial charge in [0.25, 0.3) is 5.91 Å². The van der Waals surface area contributed by atoms with E-state index in [2.05, 4.69) is 41.1 Å². The van der Waals surface area contributed by atoms with Crippen LogP contribution in [0.2, 0.25) is 0 Å². The van der Waals surface area contributed by atoms with Gasteiger partial charge in [-0.1, -0.05) is 62.4 Å². The lowest BCUT2D eigenvalue weighted by molar-refractivity contribution is -0.129. The molecule has 3 fully saturated rings. The second-order valence-corrected chi connectivity index (χ2v) is 12.6. The van der Waals surface area contributed by atoms with Gasteiger partial charge in [0.05, 0.1) is 12.0 Å². The molecule has 0 aromatic heterocycles. The Hall–Kier alpha value is -3.19. The van der Waals surface area contributed by atoms with E-state index in [0.717, 1.165) is 61.4 Å². The van der Waals surface area contributed by atoms with Gasteiger partial charge in [-0.25, -0.2) is 0 Å². The highest BCUT2D eigenvalue weighted by Crippen LogP contribution is 2.33. The number of benzene rings is 2. The Kier molecular flexibility index (Phi) is 8.60. The maximum atomic E-state index is 13.3. The zero-order valence-electron chi connectivity index (χ0n) is 24.4. The molecule has 3 aliphatic rings. The predicted molar refractivity (Wildman–Crippen MR) is 157 cm³/mol. The molecule has 3 saturated heterocycles. The van der Waals surface area contributed by atoms with Crippen molar-refractivity contribution in [3.8, 4) is 0 Å². The van der Waals surface area contributed by atoms with E-state index in [-0.39, 0.29) is 29.7 Å². The number of hydrogen-bond acceptors (Lipinski definition) is 4. The molecule has 1 N–H and O–H groups in total. The first-order valence-electron chi connectivity index (χ1n) is 14.9. The number of aryl methyl sites for hydroxylation is 2. The van der Waals surface area contributed by atoms with Crippen LogP contribution in [-0.2, 0) is 9.59 Å². The molecule has 40 heavy (non-hydrogen) atoms. The molecular formula is C33H44N4O3. The third-order valence-electron chi connectivity index (χ3n) is 8.97. The summed E-state index contributed by atoms with van der Waals surface area (Å²) in [5, 5.41) is 3.30. The Labute approximate surface area is 238 Å². The van der Waals surface area contributed by atoms with Crippen LogP contribution in [0.1, 0.15) is 59.8 Å². The molecule has 0 saturated carbocycles. The van der Waals surface area contributed by atoms with E-state index < -0.39 is 0 Å². The monoisotopic (exact) mass is 544 g/mol. The number of carbonyl (C=O) groups excluding carboxylic acids is 3. The van der Waals surface area contributed by atoms with E-state index in [9.17, 15) is 14.4 Å². The predicted octanol–water partition coefficient (Wildman–Crippen LogP) is 4.06. The molecule has 0 bridgehead atoms. The molecule has 0 spiro atoms. The van der Waals surface area contributed by atoms with Gasteiger partial charge in [0.1, 0.15) is 0 Å². The summed E-state index contributed by atoms with van der Waals surface area (Å²) in [5.41, 5.74) is 4.06. The van der Waals surface area contributed by atoms with Gasteiger partial charge < -0.3 is 20.0 Å². The van der Waals surface area contributed by atoms with E-state index in [1.807, 2.05) is 55.1 Å². The van der Waals surface area contributed by atoms with Crippen LogP contribution in [0.3, 0.4) is 0 Å². The van der Waals surface area contributed by atoms with Crippen LogP contribution >= 0.6 is 0 Å². The fourth-order valence-electron chi connectivity index (χ4n) is 6.92. The molecule has 2 aromatic carbocycles. The van der Waals surface area contributed by atoms with Crippen molar-refractivity contribution in [2.45, 2.75) is 46.6 Å². The summed E-state index contributed by atoms with van der Waals surface area (Å²) in [7, 11) is 0.